The largest absolute Gasteiger partial charge is 0.389 e. The van der Waals surface area contributed by atoms with Crippen LogP contribution in [0.3, 0.4) is 0 Å². The van der Waals surface area contributed by atoms with Gasteiger partial charge < -0.3 is 15.6 Å². The van der Waals surface area contributed by atoms with E-state index in [1.807, 2.05) is 17.7 Å². The quantitative estimate of drug-likeness (QED) is 0.824. The maximum Gasteiger partial charge on any atom is 0.226 e. The number of rotatable bonds is 5. The van der Waals surface area contributed by atoms with Crippen LogP contribution in [0.2, 0.25) is 0 Å². The van der Waals surface area contributed by atoms with Crippen LogP contribution in [-0.2, 0) is 11.3 Å². The molecule has 0 fully saturated rings. The Morgan fingerprint density at radius 2 is 2.10 bits per heavy atom. The number of hydrogen-bond donors (Lipinski definition) is 2. The van der Waals surface area contributed by atoms with Gasteiger partial charge >= 0.3 is 0 Å². The molecule has 20 heavy (non-hydrogen) atoms. The van der Waals surface area contributed by atoms with Gasteiger partial charge in [0.05, 0.1) is 0 Å². The number of thiocarbonyl (C=S) groups is 1. The molecule has 0 saturated heterocycles. The van der Waals surface area contributed by atoms with Crippen molar-refractivity contribution in [2.45, 2.75) is 19.9 Å². The van der Waals surface area contributed by atoms with Crippen LogP contribution in [0.5, 0.6) is 0 Å². The van der Waals surface area contributed by atoms with Gasteiger partial charge in [0.1, 0.15) is 10.8 Å². The van der Waals surface area contributed by atoms with Crippen LogP contribution in [0.4, 0.5) is 5.69 Å². The van der Waals surface area contributed by atoms with E-state index in [0.717, 1.165) is 17.1 Å². The van der Waals surface area contributed by atoms with E-state index in [9.17, 15) is 4.79 Å². The summed E-state index contributed by atoms with van der Waals surface area (Å²) >= 11 is 4.87. The highest BCUT2D eigenvalue weighted by molar-refractivity contribution is 7.80. The minimum absolute atomic E-state index is 0.0406. The van der Waals surface area contributed by atoms with Crippen molar-refractivity contribution in [2.24, 2.45) is 5.73 Å². The summed E-state index contributed by atoms with van der Waals surface area (Å²) in [6.45, 7) is 2.52. The predicted octanol–water partition coefficient (Wildman–Crippen LogP) is 1.85. The third-order valence-corrected chi connectivity index (χ3v) is 3.19. The van der Waals surface area contributed by atoms with Gasteiger partial charge in [0.15, 0.2) is 0 Å². The monoisotopic (exact) mass is 288 g/mol. The highest BCUT2D eigenvalue weighted by Crippen LogP contribution is 2.10. The van der Waals surface area contributed by atoms with Gasteiger partial charge in [-0.1, -0.05) is 12.2 Å². The van der Waals surface area contributed by atoms with E-state index in [2.05, 4.69) is 10.3 Å². The fraction of sp³-hybridized carbons (Fsp3) is 0.214. The number of aromatic nitrogens is 2. The molecule has 6 heteroatoms. The first kappa shape index (κ1) is 14.2. The molecular weight excluding hydrogens is 272 g/mol. The maximum absolute atomic E-state index is 11.8. The zero-order chi connectivity index (χ0) is 14.5. The summed E-state index contributed by atoms with van der Waals surface area (Å²) in [6.07, 6.45) is 3.98. The SMILES string of the molecule is Cc1nccn1CCC(=O)Nc1ccc(C(N)=S)cc1. The van der Waals surface area contributed by atoms with E-state index in [0.29, 0.717) is 18.0 Å². The second-order valence-corrected chi connectivity index (χ2v) is 4.85. The number of carbonyl (C=O) groups excluding carboxylic acids is 1. The van der Waals surface area contributed by atoms with Crippen molar-refractivity contribution in [2.75, 3.05) is 5.32 Å². The van der Waals surface area contributed by atoms with Crippen LogP contribution in [0.15, 0.2) is 36.7 Å². The van der Waals surface area contributed by atoms with Gasteiger partial charge in [-0.25, -0.2) is 4.98 Å². The summed E-state index contributed by atoms with van der Waals surface area (Å²) in [6, 6.07) is 7.15. The van der Waals surface area contributed by atoms with Crippen LogP contribution < -0.4 is 11.1 Å². The molecule has 0 atom stereocenters. The zero-order valence-corrected chi connectivity index (χ0v) is 12.0. The van der Waals surface area contributed by atoms with Gasteiger partial charge in [0.2, 0.25) is 5.91 Å². The Morgan fingerprint density at radius 1 is 1.40 bits per heavy atom. The Labute approximate surface area is 122 Å². The number of nitrogens with zero attached hydrogens (tertiary/aromatic N) is 2. The van der Waals surface area contributed by atoms with E-state index in [-0.39, 0.29) is 5.91 Å². The average molecular weight is 288 g/mol. The second kappa shape index (κ2) is 6.29. The summed E-state index contributed by atoms with van der Waals surface area (Å²) < 4.78 is 1.94. The van der Waals surface area contributed by atoms with Crippen LogP contribution in [0.1, 0.15) is 17.8 Å². The highest BCUT2D eigenvalue weighted by Gasteiger charge is 2.04. The molecule has 0 aliphatic rings. The van der Waals surface area contributed by atoms with Crippen LogP contribution in [-0.4, -0.2) is 20.4 Å². The summed E-state index contributed by atoms with van der Waals surface area (Å²) in [7, 11) is 0. The predicted molar refractivity (Wildman–Crippen MR) is 82.5 cm³/mol. The Morgan fingerprint density at radius 3 is 2.65 bits per heavy atom. The number of benzene rings is 1. The number of carbonyl (C=O) groups is 1. The number of anilines is 1. The minimum Gasteiger partial charge on any atom is -0.389 e. The van der Waals surface area contributed by atoms with Crippen LogP contribution in [0.25, 0.3) is 0 Å². The van der Waals surface area contributed by atoms with E-state index in [1.165, 1.54) is 0 Å². The number of nitrogens with one attached hydrogen (secondary N) is 1. The molecule has 0 saturated carbocycles. The first-order valence-corrected chi connectivity index (χ1v) is 6.64. The van der Waals surface area contributed by atoms with Crippen LogP contribution in [0, 0.1) is 6.92 Å². The maximum atomic E-state index is 11.8. The molecule has 3 N–H and O–H groups in total. The third-order valence-electron chi connectivity index (χ3n) is 2.96. The Kier molecular flexibility index (Phi) is 4.47. The summed E-state index contributed by atoms with van der Waals surface area (Å²) in [4.78, 5) is 16.3. The lowest BCUT2D eigenvalue weighted by atomic mass is 10.2. The van der Waals surface area contributed by atoms with Crippen molar-refractivity contribution < 1.29 is 4.79 Å². The fourth-order valence-electron chi connectivity index (χ4n) is 1.80. The first-order chi connectivity index (χ1) is 9.56. The van der Waals surface area contributed by atoms with Gasteiger partial charge in [-0.15, -0.1) is 0 Å². The molecule has 2 aromatic rings. The van der Waals surface area contributed by atoms with Gasteiger partial charge in [0.25, 0.3) is 0 Å². The molecule has 0 aliphatic heterocycles. The van der Waals surface area contributed by atoms with Crippen molar-refractivity contribution in [3.8, 4) is 0 Å². The third kappa shape index (κ3) is 3.64. The topological polar surface area (TPSA) is 72.9 Å². The van der Waals surface area contributed by atoms with Crippen molar-refractivity contribution in [1.82, 2.24) is 9.55 Å². The van der Waals surface area contributed by atoms with Gasteiger partial charge in [0, 0.05) is 36.6 Å². The molecule has 2 rings (SSSR count). The molecule has 5 nitrogen and oxygen atoms in total. The minimum atomic E-state index is -0.0406. The van der Waals surface area contributed by atoms with Crippen molar-refractivity contribution in [3.05, 3.63) is 48.0 Å². The number of nitrogens with two attached hydrogens (primary N) is 1. The molecule has 0 radical (unpaired) electrons. The molecule has 0 bridgehead atoms. The molecule has 0 spiro atoms. The molecule has 1 aromatic heterocycles. The Bertz CT molecular complexity index is 618. The van der Waals surface area contributed by atoms with E-state index < -0.39 is 0 Å². The first-order valence-electron chi connectivity index (χ1n) is 6.24. The standard InChI is InChI=1S/C14H16N4OS/c1-10-16-7-9-18(10)8-6-13(19)17-12-4-2-11(3-5-12)14(15)20/h2-5,7,9H,6,8H2,1H3,(H2,15,20)(H,17,19). The van der Waals surface area contributed by atoms with Crippen LogP contribution >= 0.6 is 12.2 Å². The van der Waals surface area contributed by atoms with Gasteiger partial charge in [-0.3, -0.25) is 4.79 Å². The lowest BCUT2D eigenvalue weighted by Gasteiger charge is -2.07. The van der Waals surface area contributed by atoms with Crippen molar-refractivity contribution >= 4 is 28.8 Å². The lowest BCUT2D eigenvalue weighted by Crippen LogP contribution is -2.15. The van der Waals surface area contributed by atoms with Gasteiger partial charge in [-0.05, 0) is 31.2 Å². The molecular formula is C14H16N4OS. The van der Waals surface area contributed by atoms with E-state index >= 15 is 0 Å². The fourth-order valence-corrected chi connectivity index (χ4v) is 1.94. The summed E-state index contributed by atoms with van der Waals surface area (Å²) in [5.41, 5.74) is 7.03. The highest BCUT2D eigenvalue weighted by atomic mass is 32.1. The second-order valence-electron chi connectivity index (χ2n) is 4.41. The van der Waals surface area contributed by atoms with Crippen molar-refractivity contribution in [3.63, 3.8) is 0 Å². The summed E-state index contributed by atoms with van der Waals surface area (Å²) in [5, 5.41) is 2.83. The normalized spacial score (nSPS) is 10.2. The van der Waals surface area contributed by atoms with Gasteiger partial charge in [-0.2, -0.15) is 0 Å². The number of aryl methyl sites for hydroxylation is 2. The molecule has 1 amide bonds. The van der Waals surface area contributed by atoms with Crippen molar-refractivity contribution in [1.29, 1.82) is 0 Å². The number of hydrogen-bond acceptors (Lipinski definition) is 3. The molecule has 1 heterocycles. The molecule has 0 unspecified atom stereocenters. The molecule has 1 aromatic carbocycles. The van der Waals surface area contributed by atoms with E-state index in [1.54, 1.807) is 30.5 Å². The lowest BCUT2D eigenvalue weighted by molar-refractivity contribution is -0.116. The zero-order valence-electron chi connectivity index (χ0n) is 11.2. The summed E-state index contributed by atoms with van der Waals surface area (Å²) in [5.74, 6) is 0.861. The Balaban J connectivity index is 1.88. The average Bonchev–Trinajstić information content (AvgIpc) is 2.82. The Hall–Kier alpha value is -2.21. The molecule has 0 aliphatic carbocycles. The number of imidazole rings is 1. The smallest absolute Gasteiger partial charge is 0.226 e. The molecule has 104 valence electrons. The van der Waals surface area contributed by atoms with E-state index in [4.69, 9.17) is 18.0 Å². The number of amides is 1.